The summed E-state index contributed by atoms with van der Waals surface area (Å²) in [5.74, 6) is 0.937. The molecule has 0 atom stereocenters. The Hall–Kier alpha value is -2.00. The van der Waals surface area contributed by atoms with Crippen molar-refractivity contribution < 1.29 is 4.74 Å². The maximum atomic E-state index is 5.28. The van der Waals surface area contributed by atoms with Crippen molar-refractivity contribution in [2.75, 3.05) is 26.5 Å². The minimum absolute atomic E-state index is 0.817. The largest absolute Gasteiger partial charge is 0.496 e. The van der Waals surface area contributed by atoms with Crippen LogP contribution in [0.5, 0.6) is 5.75 Å². The van der Waals surface area contributed by atoms with Gasteiger partial charge in [-0.2, -0.15) is 0 Å². The van der Waals surface area contributed by atoms with E-state index in [1.54, 1.807) is 7.11 Å². The number of aryl methyl sites for hydroxylation is 1. The van der Waals surface area contributed by atoms with E-state index in [0.717, 1.165) is 30.1 Å². The predicted octanol–water partition coefficient (Wildman–Crippen LogP) is 3.68. The summed E-state index contributed by atoms with van der Waals surface area (Å²) >= 11 is 0. The van der Waals surface area contributed by atoms with Crippen LogP contribution in [0.4, 0.5) is 5.69 Å². The molecule has 0 amide bonds. The highest BCUT2D eigenvalue weighted by molar-refractivity contribution is 5.46. The van der Waals surface area contributed by atoms with Gasteiger partial charge in [0.25, 0.3) is 0 Å². The zero-order valence-electron chi connectivity index (χ0n) is 13.3. The van der Waals surface area contributed by atoms with Gasteiger partial charge >= 0.3 is 0 Å². The second kappa shape index (κ2) is 7.14. The summed E-state index contributed by atoms with van der Waals surface area (Å²) in [5, 5.41) is 3.45. The third-order valence-electron chi connectivity index (χ3n) is 3.41. The summed E-state index contributed by atoms with van der Waals surface area (Å²) in [6, 6.07) is 14.9. The normalized spacial score (nSPS) is 10.7. The van der Waals surface area contributed by atoms with Crippen molar-refractivity contribution in [1.82, 2.24) is 4.90 Å². The third-order valence-corrected chi connectivity index (χ3v) is 3.41. The summed E-state index contributed by atoms with van der Waals surface area (Å²) < 4.78 is 5.28. The van der Waals surface area contributed by atoms with E-state index >= 15 is 0 Å². The first-order valence-electron chi connectivity index (χ1n) is 7.19. The highest BCUT2D eigenvalue weighted by atomic mass is 16.5. The van der Waals surface area contributed by atoms with Crippen LogP contribution in [-0.2, 0) is 13.1 Å². The van der Waals surface area contributed by atoms with Gasteiger partial charge in [0, 0.05) is 18.8 Å². The molecule has 0 aliphatic carbocycles. The number of anilines is 1. The lowest BCUT2D eigenvalue weighted by Crippen LogP contribution is -2.10. The summed E-state index contributed by atoms with van der Waals surface area (Å²) in [7, 11) is 5.87. The van der Waals surface area contributed by atoms with Gasteiger partial charge in [-0.3, -0.25) is 0 Å². The molecule has 2 aromatic rings. The number of rotatable bonds is 6. The van der Waals surface area contributed by atoms with Gasteiger partial charge in [-0.15, -0.1) is 0 Å². The number of methoxy groups -OCH3 is 1. The lowest BCUT2D eigenvalue weighted by atomic mass is 10.1. The molecule has 21 heavy (non-hydrogen) atoms. The number of nitrogens with one attached hydrogen (secondary N) is 1. The number of hydrogen-bond donors (Lipinski definition) is 1. The molecule has 0 fully saturated rings. The smallest absolute Gasteiger partial charge is 0.121 e. The molecular weight excluding hydrogens is 260 g/mol. The van der Waals surface area contributed by atoms with Gasteiger partial charge in [0.15, 0.2) is 0 Å². The number of nitrogens with zero attached hydrogens (tertiary/aromatic N) is 1. The van der Waals surface area contributed by atoms with Crippen molar-refractivity contribution in [2.24, 2.45) is 0 Å². The zero-order chi connectivity index (χ0) is 15.2. The molecule has 0 unspecified atom stereocenters. The van der Waals surface area contributed by atoms with E-state index in [2.05, 4.69) is 67.6 Å². The van der Waals surface area contributed by atoms with Crippen molar-refractivity contribution in [3.05, 3.63) is 59.2 Å². The minimum atomic E-state index is 0.817. The lowest BCUT2D eigenvalue weighted by Gasteiger charge is -2.12. The first-order chi connectivity index (χ1) is 10.1. The van der Waals surface area contributed by atoms with E-state index in [0.29, 0.717) is 0 Å². The topological polar surface area (TPSA) is 24.5 Å². The minimum Gasteiger partial charge on any atom is -0.496 e. The average molecular weight is 284 g/mol. The molecular formula is C18H24N2O. The Morgan fingerprint density at radius 3 is 2.24 bits per heavy atom. The molecule has 0 aromatic heterocycles. The van der Waals surface area contributed by atoms with Gasteiger partial charge in [-0.05, 0) is 55.9 Å². The number of benzene rings is 2. The van der Waals surface area contributed by atoms with Crippen LogP contribution in [0.3, 0.4) is 0 Å². The predicted molar refractivity (Wildman–Crippen MR) is 88.9 cm³/mol. The van der Waals surface area contributed by atoms with E-state index in [1.807, 2.05) is 6.07 Å². The van der Waals surface area contributed by atoms with E-state index in [1.165, 1.54) is 11.1 Å². The molecule has 2 aromatic carbocycles. The maximum absolute atomic E-state index is 5.28. The quantitative estimate of drug-likeness (QED) is 0.876. The van der Waals surface area contributed by atoms with Gasteiger partial charge in [0.2, 0.25) is 0 Å². The molecule has 0 spiro atoms. The van der Waals surface area contributed by atoms with Crippen LogP contribution < -0.4 is 10.1 Å². The molecule has 3 heteroatoms. The lowest BCUT2D eigenvalue weighted by molar-refractivity contribution is 0.402. The fourth-order valence-corrected chi connectivity index (χ4v) is 2.35. The first-order valence-corrected chi connectivity index (χ1v) is 7.19. The Kier molecular flexibility index (Phi) is 5.23. The van der Waals surface area contributed by atoms with E-state index in [4.69, 9.17) is 4.74 Å². The molecule has 112 valence electrons. The molecule has 2 rings (SSSR count). The van der Waals surface area contributed by atoms with Crippen LogP contribution >= 0.6 is 0 Å². The molecule has 0 heterocycles. The Morgan fingerprint density at radius 2 is 1.67 bits per heavy atom. The third kappa shape index (κ3) is 4.50. The Balaban J connectivity index is 1.95. The fraction of sp³-hybridized carbons (Fsp3) is 0.333. The van der Waals surface area contributed by atoms with Crippen LogP contribution in [0, 0.1) is 6.92 Å². The summed E-state index contributed by atoms with van der Waals surface area (Å²) in [6.07, 6.45) is 0. The summed E-state index contributed by atoms with van der Waals surface area (Å²) in [4.78, 5) is 2.17. The number of ether oxygens (including phenoxy) is 1. The van der Waals surface area contributed by atoms with Gasteiger partial charge in [-0.25, -0.2) is 0 Å². The maximum Gasteiger partial charge on any atom is 0.121 e. The average Bonchev–Trinajstić information content (AvgIpc) is 2.46. The second-order valence-corrected chi connectivity index (χ2v) is 5.59. The molecule has 0 saturated carbocycles. The Labute approximate surface area is 127 Å². The molecule has 0 radical (unpaired) electrons. The van der Waals surface area contributed by atoms with Crippen LogP contribution in [0.1, 0.15) is 16.7 Å². The van der Waals surface area contributed by atoms with Crippen molar-refractivity contribution in [3.8, 4) is 5.75 Å². The van der Waals surface area contributed by atoms with Gasteiger partial charge < -0.3 is 15.0 Å². The molecule has 0 saturated heterocycles. The molecule has 3 nitrogen and oxygen atoms in total. The van der Waals surface area contributed by atoms with Gasteiger partial charge in [0.05, 0.1) is 7.11 Å². The highest BCUT2D eigenvalue weighted by Crippen LogP contribution is 2.19. The van der Waals surface area contributed by atoms with Crippen molar-refractivity contribution in [1.29, 1.82) is 0 Å². The molecule has 1 N–H and O–H groups in total. The fourth-order valence-electron chi connectivity index (χ4n) is 2.35. The van der Waals surface area contributed by atoms with Crippen molar-refractivity contribution in [2.45, 2.75) is 20.0 Å². The van der Waals surface area contributed by atoms with Crippen molar-refractivity contribution >= 4 is 5.69 Å². The van der Waals surface area contributed by atoms with E-state index in [9.17, 15) is 0 Å². The Bertz CT molecular complexity index is 576. The zero-order valence-corrected chi connectivity index (χ0v) is 13.3. The molecule has 0 aliphatic rings. The monoisotopic (exact) mass is 284 g/mol. The summed E-state index contributed by atoms with van der Waals surface area (Å²) in [6.45, 7) is 3.86. The standard InChI is InChI=1S/C18H24N2O/c1-14-11-16(7-10-18(14)21-4)12-19-17-8-5-15(6-9-17)13-20(2)3/h5-11,19H,12-13H2,1-4H3. The molecule has 0 aliphatic heterocycles. The summed E-state index contributed by atoms with van der Waals surface area (Å²) in [5.41, 5.74) is 4.89. The molecule has 0 bridgehead atoms. The Morgan fingerprint density at radius 1 is 1.00 bits per heavy atom. The first kappa shape index (κ1) is 15.4. The van der Waals surface area contributed by atoms with Crippen LogP contribution in [0.2, 0.25) is 0 Å². The van der Waals surface area contributed by atoms with E-state index in [-0.39, 0.29) is 0 Å². The van der Waals surface area contributed by atoms with Crippen LogP contribution in [0.25, 0.3) is 0 Å². The number of hydrogen-bond acceptors (Lipinski definition) is 3. The van der Waals surface area contributed by atoms with E-state index < -0.39 is 0 Å². The highest BCUT2D eigenvalue weighted by Gasteiger charge is 2.01. The SMILES string of the molecule is COc1ccc(CNc2ccc(CN(C)C)cc2)cc1C. The van der Waals surface area contributed by atoms with Gasteiger partial charge in [-0.1, -0.05) is 24.3 Å². The van der Waals surface area contributed by atoms with Crippen LogP contribution in [0.15, 0.2) is 42.5 Å². The second-order valence-electron chi connectivity index (χ2n) is 5.59. The van der Waals surface area contributed by atoms with Crippen LogP contribution in [-0.4, -0.2) is 26.1 Å². The van der Waals surface area contributed by atoms with Gasteiger partial charge in [0.1, 0.15) is 5.75 Å². The van der Waals surface area contributed by atoms with Crippen molar-refractivity contribution in [3.63, 3.8) is 0 Å².